The molecule has 0 aliphatic rings. The minimum Gasteiger partial charge on any atom is -0.469 e. The van der Waals surface area contributed by atoms with Crippen molar-refractivity contribution in [3.8, 4) is 0 Å². The summed E-state index contributed by atoms with van der Waals surface area (Å²) in [4.78, 5) is 31.7. The Kier molecular flexibility index (Phi) is 11.4. The third kappa shape index (κ3) is 7.99. The van der Waals surface area contributed by atoms with Gasteiger partial charge in [0.1, 0.15) is 6.61 Å². The van der Waals surface area contributed by atoms with Gasteiger partial charge in [-0.3, -0.25) is 9.59 Å². The van der Waals surface area contributed by atoms with E-state index in [9.17, 15) is 9.59 Å². The van der Waals surface area contributed by atoms with Crippen molar-refractivity contribution in [3.05, 3.63) is 89.5 Å². The van der Waals surface area contributed by atoms with Crippen molar-refractivity contribution in [2.24, 2.45) is 10.8 Å². The predicted molar refractivity (Wildman–Crippen MR) is 187 cm³/mol. The summed E-state index contributed by atoms with van der Waals surface area (Å²) in [6.07, 6.45) is 0.935. The number of benzene rings is 3. The van der Waals surface area contributed by atoms with Gasteiger partial charge in [0.25, 0.3) is 0 Å². The van der Waals surface area contributed by atoms with E-state index in [4.69, 9.17) is 9.47 Å². The van der Waals surface area contributed by atoms with Gasteiger partial charge < -0.3 is 24.2 Å². The van der Waals surface area contributed by atoms with Gasteiger partial charge in [-0.1, -0.05) is 43.3 Å². The smallest absolute Gasteiger partial charge is 0.311 e. The number of esters is 2. The summed E-state index contributed by atoms with van der Waals surface area (Å²) in [5, 5.41) is 0. The molecule has 0 fully saturated rings. The molecule has 1 atom stereocenters. The molecule has 0 heterocycles. The van der Waals surface area contributed by atoms with Crippen molar-refractivity contribution >= 4 is 29.0 Å². The van der Waals surface area contributed by atoms with Gasteiger partial charge in [-0.2, -0.15) is 0 Å². The number of hydrogen-bond donors (Lipinski definition) is 0. The van der Waals surface area contributed by atoms with E-state index in [0.29, 0.717) is 19.4 Å². The summed E-state index contributed by atoms with van der Waals surface area (Å²) in [7, 11) is 11.6. The number of likely N-dealkylation sites (N-methyl/N-ethyl adjacent to an activating group) is 1. The molecule has 1 unspecified atom stereocenters. The standard InChI is InChI=1S/C38H53N3O4/c1-12-37(4,35(43)44-11)27-36(2,3)34(42)45-26-25-41(10)33-23-17-30(18-24-33)38(5,28-13-19-31(20-14-28)39(6)7)29-15-21-32(22-16-29)40(8)9/h13-24H,12,25-27H2,1-11H3. The monoisotopic (exact) mass is 615 g/mol. The first kappa shape index (κ1) is 35.5. The Morgan fingerprint density at radius 1 is 0.644 bits per heavy atom. The summed E-state index contributed by atoms with van der Waals surface area (Å²) < 4.78 is 10.7. The van der Waals surface area contributed by atoms with Crippen molar-refractivity contribution < 1.29 is 19.1 Å². The molecule has 0 bridgehead atoms. The van der Waals surface area contributed by atoms with E-state index in [1.54, 1.807) is 0 Å². The molecule has 0 aliphatic carbocycles. The largest absolute Gasteiger partial charge is 0.469 e. The van der Waals surface area contributed by atoms with Gasteiger partial charge in [-0.05, 0) is 93.6 Å². The van der Waals surface area contributed by atoms with Gasteiger partial charge in [-0.15, -0.1) is 0 Å². The first-order valence-corrected chi connectivity index (χ1v) is 15.7. The third-order valence-corrected chi connectivity index (χ3v) is 9.31. The lowest BCUT2D eigenvalue weighted by Gasteiger charge is -2.33. The van der Waals surface area contributed by atoms with Crippen LogP contribution in [0.1, 0.15) is 64.2 Å². The van der Waals surface area contributed by atoms with Crippen molar-refractivity contribution in [3.63, 3.8) is 0 Å². The molecular formula is C38H53N3O4. The van der Waals surface area contributed by atoms with Crippen LogP contribution in [-0.2, 0) is 24.5 Å². The molecule has 7 nitrogen and oxygen atoms in total. The van der Waals surface area contributed by atoms with Crippen LogP contribution in [0.15, 0.2) is 72.8 Å². The minimum atomic E-state index is -0.820. The highest BCUT2D eigenvalue weighted by Gasteiger charge is 2.42. The Morgan fingerprint density at radius 2 is 1.04 bits per heavy atom. The third-order valence-electron chi connectivity index (χ3n) is 9.31. The van der Waals surface area contributed by atoms with Crippen molar-refractivity contribution in [2.75, 3.05) is 70.2 Å². The number of ether oxygens (including phenoxy) is 2. The zero-order chi connectivity index (χ0) is 33.6. The van der Waals surface area contributed by atoms with Crippen LogP contribution in [0, 0.1) is 10.8 Å². The normalized spacial score (nSPS) is 13.0. The van der Waals surface area contributed by atoms with Gasteiger partial charge in [-0.25, -0.2) is 0 Å². The fourth-order valence-electron chi connectivity index (χ4n) is 5.97. The Hall–Kier alpha value is -4.00. The Morgan fingerprint density at radius 3 is 1.40 bits per heavy atom. The fraction of sp³-hybridized carbons (Fsp3) is 0.474. The minimum absolute atomic E-state index is 0.246. The predicted octanol–water partition coefficient (Wildman–Crippen LogP) is 7.16. The van der Waals surface area contributed by atoms with E-state index in [-0.39, 0.29) is 24.0 Å². The molecule has 45 heavy (non-hydrogen) atoms. The maximum atomic E-state index is 13.0. The highest BCUT2D eigenvalue weighted by atomic mass is 16.5. The van der Waals surface area contributed by atoms with Gasteiger partial charge in [0.2, 0.25) is 0 Å². The van der Waals surface area contributed by atoms with Crippen LogP contribution >= 0.6 is 0 Å². The second-order valence-electron chi connectivity index (χ2n) is 13.6. The SMILES string of the molecule is CCC(C)(CC(C)(C)C(=O)OCCN(C)c1ccc(C(C)(c2ccc(N(C)C)cc2)c2ccc(N(C)C)cc2)cc1)C(=O)OC. The Bertz CT molecular complexity index is 1360. The maximum Gasteiger partial charge on any atom is 0.311 e. The lowest BCUT2D eigenvalue weighted by molar-refractivity contribution is -0.161. The second kappa shape index (κ2) is 14.4. The van der Waals surface area contributed by atoms with Crippen LogP contribution in [-0.4, -0.2) is 67.4 Å². The van der Waals surface area contributed by atoms with Crippen molar-refractivity contribution in [1.29, 1.82) is 0 Å². The summed E-state index contributed by atoms with van der Waals surface area (Å²) in [6.45, 7) is 10.5. The average Bonchev–Trinajstić information content (AvgIpc) is 3.03. The molecule has 3 aromatic rings. The van der Waals surface area contributed by atoms with Crippen LogP contribution in [0.25, 0.3) is 0 Å². The van der Waals surface area contributed by atoms with E-state index < -0.39 is 10.8 Å². The highest BCUT2D eigenvalue weighted by molar-refractivity contribution is 5.80. The number of carbonyl (C=O) groups is 2. The molecule has 3 rings (SSSR count). The van der Waals surface area contributed by atoms with Crippen molar-refractivity contribution in [1.82, 2.24) is 0 Å². The van der Waals surface area contributed by atoms with Crippen LogP contribution in [0.3, 0.4) is 0 Å². The van der Waals surface area contributed by atoms with Crippen LogP contribution in [0.5, 0.6) is 0 Å². The fourth-order valence-corrected chi connectivity index (χ4v) is 5.97. The van der Waals surface area contributed by atoms with Gasteiger partial charge in [0, 0.05) is 57.7 Å². The molecule has 0 aliphatic heterocycles. The second-order valence-corrected chi connectivity index (χ2v) is 13.6. The van der Waals surface area contributed by atoms with Gasteiger partial charge in [0.05, 0.1) is 24.5 Å². The first-order chi connectivity index (χ1) is 21.1. The molecule has 0 spiro atoms. The molecule has 0 saturated heterocycles. The number of rotatable bonds is 14. The molecule has 3 aromatic carbocycles. The van der Waals surface area contributed by atoms with Crippen LogP contribution in [0.4, 0.5) is 17.1 Å². The van der Waals surface area contributed by atoms with E-state index in [1.165, 1.54) is 23.8 Å². The number of methoxy groups -OCH3 is 1. The van der Waals surface area contributed by atoms with E-state index in [0.717, 1.165) is 17.1 Å². The van der Waals surface area contributed by atoms with Crippen LogP contribution < -0.4 is 14.7 Å². The summed E-state index contributed by atoms with van der Waals surface area (Å²) in [5.74, 6) is -0.618. The summed E-state index contributed by atoms with van der Waals surface area (Å²) in [6, 6.07) is 26.2. The molecule has 0 amide bonds. The first-order valence-electron chi connectivity index (χ1n) is 15.7. The number of carbonyl (C=O) groups excluding carboxylic acids is 2. The number of hydrogen-bond acceptors (Lipinski definition) is 7. The molecule has 0 N–H and O–H groups in total. The molecule has 0 radical (unpaired) electrons. The molecule has 7 heteroatoms. The lowest BCUT2D eigenvalue weighted by atomic mass is 9.71. The van der Waals surface area contributed by atoms with Crippen LogP contribution in [0.2, 0.25) is 0 Å². The average molecular weight is 616 g/mol. The Labute approximate surface area is 271 Å². The summed E-state index contributed by atoms with van der Waals surface area (Å²) >= 11 is 0. The Balaban J connectivity index is 1.78. The van der Waals surface area contributed by atoms with Gasteiger partial charge >= 0.3 is 11.9 Å². The van der Waals surface area contributed by atoms with E-state index in [1.807, 2.05) is 34.7 Å². The lowest BCUT2D eigenvalue weighted by Crippen LogP contribution is -2.39. The molecule has 0 aromatic heterocycles. The summed E-state index contributed by atoms with van der Waals surface area (Å²) in [5.41, 5.74) is 5.04. The zero-order valence-electron chi connectivity index (χ0n) is 29.2. The number of anilines is 3. The quantitative estimate of drug-likeness (QED) is 0.141. The molecule has 244 valence electrons. The van der Waals surface area contributed by atoms with Crippen molar-refractivity contribution in [2.45, 2.75) is 52.9 Å². The topological polar surface area (TPSA) is 62.3 Å². The highest BCUT2D eigenvalue weighted by Crippen LogP contribution is 2.41. The van der Waals surface area contributed by atoms with E-state index in [2.05, 4.69) is 123 Å². The molecular weight excluding hydrogens is 562 g/mol. The van der Waals surface area contributed by atoms with E-state index >= 15 is 0 Å². The zero-order valence-corrected chi connectivity index (χ0v) is 29.2. The number of nitrogens with zero attached hydrogens (tertiary/aromatic N) is 3. The van der Waals surface area contributed by atoms with Gasteiger partial charge in [0.15, 0.2) is 0 Å². The molecule has 0 saturated carbocycles. The maximum absolute atomic E-state index is 13.0.